The van der Waals surface area contributed by atoms with Gasteiger partial charge in [0.15, 0.2) is 0 Å². The monoisotopic (exact) mass is 280 g/mol. The van der Waals surface area contributed by atoms with E-state index in [2.05, 4.69) is 10.3 Å². The molecule has 0 atom stereocenters. The Morgan fingerprint density at radius 3 is 2.70 bits per heavy atom. The van der Waals surface area contributed by atoms with Crippen LogP contribution >= 0.6 is 0 Å². The molecule has 1 aliphatic rings. The molecular formula is C13H20N4O3. The molecule has 0 unspecified atom stereocenters. The number of hydrogen-bond donors (Lipinski definition) is 1. The molecule has 2 rings (SSSR count). The van der Waals surface area contributed by atoms with Crippen LogP contribution in [0.5, 0.6) is 0 Å². The Morgan fingerprint density at radius 2 is 2.05 bits per heavy atom. The van der Waals surface area contributed by atoms with Crippen LogP contribution in [0.15, 0.2) is 17.2 Å². The molecule has 1 heterocycles. The van der Waals surface area contributed by atoms with Crippen LogP contribution in [0.3, 0.4) is 0 Å². The fourth-order valence-corrected chi connectivity index (χ4v) is 2.57. The summed E-state index contributed by atoms with van der Waals surface area (Å²) in [5, 5.41) is 14.1. The quantitative estimate of drug-likeness (QED) is 0.501. The number of nitrogens with zero attached hydrogens (tertiary/aromatic N) is 3. The predicted molar refractivity (Wildman–Crippen MR) is 74.6 cm³/mol. The fraction of sp³-hybridized carbons (Fsp3) is 0.692. The van der Waals surface area contributed by atoms with Crippen LogP contribution in [0.25, 0.3) is 0 Å². The van der Waals surface area contributed by atoms with Gasteiger partial charge in [-0.15, -0.1) is 0 Å². The number of rotatable bonds is 5. The lowest BCUT2D eigenvalue weighted by atomic mass is 10.1. The molecule has 1 aliphatic carbocycles. The summed E-state index contributed by atoms with van der Waals surface area (Å²) in [5.41, 5.74) is -0.600. The Labute approximate surface area is 117 Å². The third kappa shape index (κ3) is 4.12. The molecule has 1 fully saturated rings. The van der Waals surface area contributed by atoms with Gasteiger partial charge in [0.1, 0.15) is 6.20 Å². The van der Waals surface area contributed by atoms with Crippen molar-refractivity contribution in [1.29, 1.82) is 0 Å². The molecule has 1 aromatic heterocycles. The second-order valence-electron chi connectivity index (χ2n) is 5.19. The predicted octanol–water partition coefficient (Wildman–Crippen LogP) is 1.46. The van der Waals surface area contributed by atoms with Crippen LogP contribution in [0, 0.1) is 10.1 Å². The Bertz CT molecular complexity index is 507. The van der Waals surface area contributed by atoms with Crippen LogP contribution in [0.2, 0.25) is 0 Å². The average Bonchev–Trinajstić information content (AvgIpc) is 2.69. The van der Waals surface area contributed by atoms with Gasteiger partial charge in [-0.2, -0.15) is 4.98 Å². The maximum atomic E-state index is 11.5. The minimum Gasteiger partial charge on any atom is -0.312 e. The second kappa shape index (κ2) is 7.14. The number of nitrogens with one attached hydrogen (secondary N) is 1. The van der Waals surface area contributed by atoms with E-state index in [0.717, 1.165) is 6.20 Å². The molecule has 0 spiro atoms. The molecule has 0 amide bonds. The van der Waals surface area contributed by atoms with Crippen molar-refractivity contribution in [2.24, 2.45) is 0 Å². The highest BCUT2D eigenvalue weighted by molar-refractivity contribution is 5.20. The fourth-order valence-electron chi connectivity index (χ4n) is 2.57. The summed E-state index contributed by atoms with van der Waals surface area (Å²) in [4.78, 5) is 25.2. The van der Waals surface area contributed by atoms with Crippen molar-refractivity contribution in [3.05, 3.63) is 33.0 Å². The number of nitro groups is 1. The van der Waals surface area contributed by atoms with E-state index in [4.69, 9.17) is 0 Å². The summed E-state index contributed by atoms with van der Waals surface area (Å²) in [6.07, 6.45) is 9.68. The smallest absolute Gasteiger partial charge is 0.312 e. The highest BCUT2D eigenvalue weighted by Crippen LogP contribution is 2.16. The molecule has 0 saturated heterocycles. The molecule has 0 bridgehead atoms. The average molecular weight is 280 g/mol. The molecular weight excluding hydrogens is 260 g/mol. The third-order valence-corrected chi connectivity index (χ3v) is 3.69. The molecule has 1 N–H and O–H groups in total. The second-order valence-corrected chi connectivity index (χ2v) is 5.19. The largest absolute Gasteiger partial charge is 0.348 e. The highest BCUT2D eigenvalue weighted by Gasteiger charge is 2.12. The summed E-state index contributed by atoms with van der Waals surface area (Å²) >= 11 is 0. The van der Waals surface area contributed by atoms with Crippen molar-refractivity contribution in [3.8, 4) is 0 Å². The van der Waals surface area contributed by atoms with Gasteiger partial charge in [-0.1, -0.05) is 25.7 Å². The van der Waals surface area contributed by atoms with Crippen LogP contribution in [0.1, 0.15) is 38.5 Å². The minimum atomic E-state index is -0.540. The van der Waals surface area contributed by atoms with Gasteiger partial charge in [-0.3, -0.25) is 14.7 Å². The van der Waals surface area contributed by atoms with E-state index in [0.29, 0.717) is 19.1 Å². The van der Waals surface area contributed by atoms with Gasteiger partial charge in [0.05, 0.1) is 11.1 Å². The summed E-state index contributed by atoms with van der Waals surface area (Å²) in [6, 6.07) is 0.500. The first-order valence-electron chi connectivity index (χ1n) is 7.11. The molecule has 7 heteroatoms. The van der Waals surface area contributed by atoms with E-state index >= 15 is 0 Å². The standard InChI is InChI=1S/C13H20N4O3/c18-13-15-9-12(17(19)20)10-16(13)8-7-14-11-5-3-1-2-4-6-11/h9-11,14H,1-8H2. The van der Waals surface area contributed by atoms with Gasteiger partial charge in [-0.25, -0.2) is 4.79 Å². The number of hydrogen-bond acceptors (Lipinski definition) is 5. The first-order valence-corrected chi connectivity index (χ1v) is 7.11. The van der Waals surface area contributed by atoms with Crippen LogP contribution < -0.4 is 11.0 Å². The van der Waals surface area contributed by atoms with Gasteiger partial charge in [-0.05, 0) is 12.8 Å². The molecule has 0 aromatic carbocycles. The maximum absolute atomic E-state index is 11.5. The van der Waals surface area contributed by atoms with Crippen molar-refractivity contribution in [3.63, 3.8) is 0 Å². The molecule has 0 aliphatic heterocycles. The SMILES string of the molecule is O=c1ncc([N+](=O)[O-])cn1CCNC1CCCCCC1. The van der Waals surface area contributed by atoms with E-state index < -0.39 is 10.6 Å². The molecule has 0 radical (unpaired) electrons. The zero-order chi connectivity index (χ0) is 14.4. The Hall–Kier alpha value is -1.76. The van der Waals surface area contributed by atoms with Gasteiger partial charge >= 0.3 is 11.4 Å². The minimum absolute atomic E-state index is 0.154. The van der Waals surface area contributed by atoms with Crippen LogP contribution in [-0.2, 0) is 6.54 Å². The topological polar surface area (TPSA) is 90.1 Å². The van der Waals surface area contributed by atoms with E-state index in [1.807, 2.05) is 0 Å². The van der Waals surface area contributed by atoms with Gasteiger partial charge in [0.25, 0.3) is 0 Å². The van der Waals surface area contributed by atoms with Crippen molar-refractivity contribution < 1.29 is 4.92 Å². The number of aromatic nitrogens is 2. The van der Waals surface area contributed by atoms with E-state index in [9.17, 15) is 14.9 Å². The van der Waals surface area contributed by atoms with Gasteiger partial charge in [0, 0.05) is 19.1 Å². The normalized spacial score (nSPS) is 16.8. The van der Waals surface area contributed by atoms with Crippen molar-refractivity contribution in [2.75, 3.05) is 6.54 Å². The summed E-state index contributed by atoms with van der Waals surface area (Å²) in [5.74, 6) is 0. The van der Waals surface area contributed by atoms with Crippen LogP contribution in [0.4, 0.5) is 5.69 Å². The first-order chi connectivity index (χ1) is 9.66. The Kier molecular flexibility index (Phi) is 5.23. The zero-order valence-corrected chi connectivity index (χ0v) is 11.5. The van der Waals surface area contributed by atoms with Crippen molar-refractivity contribution in [2.45, 2.75) is 51.1 Å². The van der Waals surface area contributed by atoms with Crippen molar-refractivity contribution >= 4 is 5.69 Å². The highest BCUT2D eigenvalue weighted by atomic mass is 16.6. The third-order valence-electron chi connectivity index (χ3n) is 3.69. The maximum Gasteiger partial charge on any atom is 0.348 e. The lowest BCUT2D eigenvalue weighted by Crippen LogP contribution is -2.34. The lowest BCUT2D eigenvalue weighted by Gasteiger charge is -2.16. The molecule has 1 saturated carbocycles. The molecule has 1 aromatic rings. The molecule has 7 nitrogen and oxygen atoms in total. The first kappa shape index (κ1) is 14.6. The molecule has 110 valence electrons. The Balaban J connectivity index is 1.88. The van der Waals surface area contributed by atoms with Gasteiger partial charge < -0.3 is 5.32 Å². The van der Waals surface area contributed by atoms with Crippen molar-refractivity contribution in [1.82, 2.24) is 14.9 Å². The van der Waals surface area contributed by atoms with E-state index in [-0.39, 0.29) is 5.69 Å². The summed E-state index contributed by atoms with van der Waals surface area (Å²) in [7, 11) is 0. The van der Waals surface area contributed by atoms with Gasteiger partial charge in [0.2, 0.25) is 0 Å². The summed E-state index contributed by atoms with van der Waals surface area (Å²) in [6.45, 7) is 1.04. The summed E-state index contributed by atoms with van der Waals surface area (Å²) < 4.78 is 1.29. The van der Waals surface area contributed by atoms with E-state index in [1.54, 1.807) is 0 Å². The molecule has 20 heavy (non-hydrogen) atoms. The van der Waals surface area contributed by atoms with E-state index in [1.165, 1.54) is 49.3 Å². The zero-order valence-electron chi connectivity index (χ0n) is 11.5. The lowest BCUT2D eigenvalue weighted by molar-refractivity contribution is -0.385. The van der Waals surface area contributed by atoms with Crippen LogP contribution in [-0.4, -0.2) is 27.1 Å². The Morgan fingerprint density at radius 1 is 1.35 bits per heavy atom.